The average Bonchev–Trinajstić information content (AvgIpc) is 2.99. The smallest absolute Gasteiger partial charge is 0.235 e. The molecule has 3 aromatic rings. The number of fused-ring (bicyclic) bond motifs is 1. The Morgan fingerprint density at radius 3 is 3.00 bits per heavy atom. The highest BCUT2D eigenvalue weighted by Gasteiger charge is 2.12. The fourth-order valence-corrected chi connectivity index (χ4v) is 3.82. The van der Waals surface area contributed by atoms with Crippen molar-refractivity contribution in [1.82, 2.24) is 15.0 Å². The molecule has 0 fully saturated rings. The first-order valence-corrected chi connectivity index (χ1v) is 9.10. The number of halogens is 2. The van der Waals surface area contributed by atoms with E-state index in [2.05, 4.69) is 20.3 Å². The second kappa shape index (κ2) is 7.00. The molecule has 0 unspecified atom stereocenters. The number of hydrogen-bond acceptors (Lipinski definition) is 6. The minimum Gasteiger partial charge on any atom is -0.309 e. The Balaban J connectivity index is 1.68. The minimum absolute atomic E-state index is 0.196. The molecule has 118 valence electrons. The van der Waals surface area contributed by atoms with Crippen LogP contribution in [0.15, 0.2) is 28.9 Å². The second-order valence-corrected chi connectivity index (χ2v) is 7.21. The zero-order chi connectivity index (χ0) is 16.4. The van der Waals surface area contributed by atoms with Crippen molar-refractivity contribution in [2.24, 2.45) is 0 Å². The van der Waals surface area contributed by atoms with Gasteiger partial charge in [0.15, 0.2) is 5.82 Å². The van der Waals surface area contributed by atoms with Gasteiger partial charge in [0.05, 0.1) is 21.5 Å². The average molecular weight is 385 g/mol. The number of aromatic nitrogens is 3. The number of carbonyl (C=O) groups is 1. The van der Waals surface area contributed by atoms with Crippen LogP contribution >= 0.6 is 46.3 Å². The Hall–Kier alpha value is -1.41. The first-order chi connectivity index (χ1) is 11.0. The highest BCUT2D eigenvalue weighted by atomic mass is 35.5. The summed E-state index contributed by atoms with van der Waals surface area (Å²) in [5.41, 5.74) is 0.606. The lowest BCUT2D eigenvalue weighted by atomic mass is 10.3. The topological polar surface area (TPSA) is 67.8 Å². The molecular weight excluding hydrogens is 375 g/mol. The van der Waals surface area contributed by atoms with Crippen molar-refractivity contribution in [2.45, 2.75) is 11.9 Å². The number of nitrogens with one attached hydrogen (secondary N) is 1. The SMILES string of the molecule is Cc1nc(NC(=O)CSc2ncnc3sccc23)c(Cl)cc1Cl. The van der Waals surface area contributed by atoms with Crippen molar-refractivity contribution in [1.29, 1.82) is 0 Å². The van der Waals surface area contributed by atoms with E-state index >= 15 is 0 Å². The number of hydrogen-bond donors (Lipinski definition) is 1. The Kier molecular flexibility index (Phi) is 5.01. The quantitative estimate of drug-likeness (QED) is 0.532. The number of pyridine rings is 1. The van der Waals surface area contributed by atoms with E-state index in [1.54, 1.807) is 13.0 Å². The largest absolute Gasteiger partial charge is 0.309 e. The Labute approximate surface area is 150 Å². The molecule has 0 aliphatic rings. The molecule has 0 saturated carbocycles. The number of anilines is 1. The Morgan fingerprint density at radius 1 is 1.35 bits per heavy atom. The van der Waals surface area contributed by atoms with E-state index in [0.29, 0.717) is 21.6 Å². The normalized spacial score (nSPS) is 10.9. The zero-order valence-corrected chi connectivity index (χ0v) is 15.0. The highest BCUT2D eigenvalue weighted by Crippen LogP contribution is 2.28. The van der Waals surface area contributed by atoms with Crippen LogP contribution in [0.1, 0.15) is 5.69 Å². The fraction of sp³-hybridized carbons (Fsp3) is 0.143. The van der Waals surface area contributed by atoms with Crippen molar-refractivity contribution >= 4 is 68.2 Å². The molecule has 0 bridgehead atoms. The lowest BCUT2D eigenvalue weighted by Gasteiger charge is -2.08. The van der Waals surface area contributed by atoms with Crippen LogP contribution in [0.5, 0.6) is 0 Å². The number of carbonyl (C=O) groups excluding carboxylic acids is 1. The van der Waals surface area contributed by atoms with Crippen molar-refractivity contribution in [3.63, 3.8) is 0 Å². The summed E-state index contributed by atoms with van der Waals surface area (Å²) in [5.74, 6) is 0.289. The van der Waals surface area contributed by atoms with Gasteiger partial charge in [-0.05, 0) is 24.4 Å². The van der Waals surface area contributed by atoms with E-state index < -0.39 is 0 Å². The molecule has 1 amide bonds. The lowest BCUT2D eigenvalue weighted by Crippen LogP contribution is -2.15. The molecule has 0 atom stereocenters. The van der Waals surface area contributed by atoms with Crippen LogP contribution in [0.3, 0.4) is 0 Å². The van der Waals surface area contributed by atoms with Gasteiger partial charge in [-0.25, -0.2) is 15.0 Å². The first-order valence-electron chi connectivity index (χ1n) is 6.48. The van der Waals surface area contributed by atoms with Crippen LogP contribution in [0.2, 0.25) is 10.0 Å². The Bertz CT molecular complexity index is 884. The zero-order valence-electron chi connectivity index (χ0n) is 11.8. The summed E-state index contributed by atoms with van der Waals surface area (Å²) >= 11 is 14.8. The standard InChI is InChI=1S/C14H10Cl2N4OS2/c1-7-9(15)4-10(16)12(19-7)20-11(21)5-23-14-8-2-3-22-13(8)17-6-18-14/h2-4,6H,5H2,1H3,(H,19,20,21). The molecule has 5 nitrogen and oxygen atoms in total. The van der Waals surface area contributed by atoms with E-state index in [4.69, 9.17) is 23.2 Å². The third-order valence-corrected chi connectivity index (χ3v) is 5.42. The fourth-order valence-electron chi connectivity index (χ4n) is 1.83. The summed E-state index contributed by atoms with van der Waals surface area (Å²) in [6.45, 7) is 1.75. The molecule has 0 spiro atoms. The van der Waals surface area contributed by atoms with Gasteiger partial charge in [0.1, 0.15) is 16.2 Å². The molecule has 3 aromatic heterocycles. The second-order valence-electron chi connectivity index (χ2n) is 4.54. The van der Waals surface area contributed by atoms with Crippen LogP contribution in [-0.4, -0.2) is 26.6 Å². The van der Waals surface area contributed by atoms with Gasteiger partial charge in [0.25, 0.3) is 0 Å². The maximum absolute atomic E-state index is 12.1. The third-order valence-electron chi connectivity index (χ3n) is 2.93. The van der Waals surface area contributed by atoms with Gasteiger partial charge in [0, 0.05) is 5.39 Å². The van der Waals surface area contributed by atoms with Gasteiger partial charge in [-0.3, -0.25) is 4.79 Å². The van der Waals surface area contributed by atoms with Crippen LogP contribution in [0.4, 0.5) is 5.82 Å². The van der Waals surface area contributed by atoms with E-state index in [9.17, 15) is 4.79 Å². The summed E-state index contributed by atoms with van der Waals surface area (Å²) in [7, 11) is 0. The van der Waals surface area contributed by atoms with Gasteiger partial charge in [0.2, 0.25) is 5.91 Å². The van der Waals surface area contributed by atoms with Crippen molar-refractivity contribution in [3.05, 3.63) is 39.6 Å². The summed E-state index contributed by atoms with van der Waals surface area (Å²) in [6.07, 6.45) is 1.50. The van der Waals surface area contributed by atoms with Gasteiger partial charge in [-0.15, -0.1) is 11.3 Å². The van der Waals surface area contributed by atoms with Crippen LogP contribution in [0.25, 0.3) is 10.2 Å². The molecule has 1 N–H and O–H groups in total. The number of amides is 1. The summed E-state index contributed by atoms with van der Waals surface area (Å²) < 4.78 is 0. The molecule has 0 saturated heterocycles. The summed E-state index contributed by atoms with van der Waals surface area (Å²) in [5, 5.41) is 7.13. The molecule has 9 heteroatoms. The van der Waals surface area contributed by atoms with Crippen molar-refractivity contribution < 1.29 is 4.79 Å². The van der Waals surface area contributed by atoms with E-state index in [1.807, 2.05) is 11.4 Å². The van der Waals surface area contributed by atoms with E-state index in [0.717, 1.165) is 15.2 Å². The third kappa shape index (κ3) is 3.74. The number of thioether (sulfide) groups is 1. The monoisotopic (exact) mass is 384 g/mol. The number of rotatable bonds is 4. The number of thiophene rings is 1. The first kappa shape index (κ1) is 16.4. The maximum Gasteiger partial charge on any atom is 0.235 e. The predicted octanol–water partition coefficient (Wildman–Crippen LogP) is 4.43. The van der Waals surface area contributed by atoms with Crippen molar-refractivity contribution in [2.75, 3.05) is 11.1 Å². The van der Waals surface area contributed by atoms with E-state index in [-0.39, 0.29) is 11.7 Å². The van der Waals surface area contributed by atoms with Gasteiger partial charge in [-0.1, -0.05) is 35.0 Å². The van der Waals surface area contributed by atoms with Gasteiger partial charge < -0.3 is 5.32 Å². The molecule has 0 aliphatic heterocycles. The summed E-state index contributed by atoms with van der Waals surface area (Å²) in [6, 6.07) is 3.51. The van der Waals surface area contributed by atoms with Crippen LogP contribution < -0.4 is 5.32 Å². The molecule has 0 aromatic carbocycles. The molecule has 0 aliphatic carbocycles. The number of aryl methyl sites for hydroxylation is 1. The van der Waals surface area contributed by atoms with Crippen LogP contribution in [-0.2, 0) is 4.79 Å². The molecule has 23 heavy (non-hydrogen) atoms. The molecule has 0 radical (unpaired) electrons. The predicted molar refractivity (Wildman–Crippen MR) is 95.8 cm³/mol. The van der Waals surface area contributed by atoms with E-state index in [1.165, 1.54) is 29.4 Å². The molecular formula is C14H10Cl2N4OS2. The number of nitrogens with zero attached hydrogens (tertiary/aromatic N) is 3. The minimum atomic E-state index is -0.215. The van der Waals surface area contributed by atoms with Gasteiger partial charge in [-0.2, -0.15) is 0 Å². The summed E-state index contributed by atoms with van der Waals surface area (Å²) in [4.78, 5) is 25.6. The Morgan fingerprint density at radius 2 is 2.17 bits per heavy atom. The van der Waals surface area contributed by atoms with Crippen molar-refractivity contribution in [3.8, 4) is 0 Å². The molecule has 3 rings (SSSR count). The lowest BCUT2D eigenvalue weighted by molar-refractivity contribution is -0.113. The highest BCUT2D eigenvalue weighted by molar-refractivity contribution is 8.00. The molecule has 3 heterocycles. The van der Waals surface area contributed by atoms with Crippen LogP contribution in [0, 0.1) is 6.92 Å². The van der Waals surface area contributed by atoms with Gasteiger partial charge >= 0.3 is 0 Å². The maximum atomic E-state index is 12.1.